The molecule has 17 nitrogen and oxygen atoms in total. The Balaban J connectivity index is 0.000000240. The molecule has 28 heteroatoms. The third kappa shape index (κ3) is 24.8. The van der Waals surface area contributed by atoms with E-state index in [1.807, 2.05) is 65.8 Å². The molecule has 8 rings (SSSR count). The van der Waals surface area contributed by atoms with Crippen LogP contribution < -0.4 is 20.4 Å². The third-order valence-electron chi connectivity index (χ3n) is 14.5. The highest BCUT2D eigenvalue weighted by Gasteiger charge is 2.32. The molecule has 6 fully saturated rings. The molecule has 2 aromatic rings. The van der Waals surface area contributed by atoms with Gasteiger partial charge in [0.05, 0.1) is 49.8 Å². The largest absolute Gasteiger partial charge is 0.444 e. The Morgan fingerprint density at radius 1 is 0.500 bits per heavy atom. The van der Waals surface area contributed by atoms with E-state index in [0.29, 0.717) is 48.9 Å². The van der Waals surface area contributed by atoms with Crippen molar-refractivity contribution in [2.45, 2.75) is 166 Å². The second-order valence-electron chi connectivity index (χ2n) is 23.3. The van der Waals surface area contributed by atoms with Gasteiger partial charge in [-0.3, -0.25) is 9.97 Å². The fourth-order valence-corrected chi connectivity index (χ4v) is 10.2. The smallest absolute Gasteiger partial charge is 0.410 e. The first-order chi connectivity index (χ1) is 37.6. The summed E-state index contributed by atoms with van der Waals surface area (Å²) in [4.78, 5) is 47.8. The van der Waals surface area contributed by atoms with Crippen molar-refractivity contribution in [1.82, 2.24) is 30.4 Å². The number of hydrogen-bond donors (Lipinski definition) is 2. The van der Waals surface area contributed by atoms with Gasteiger partial charge < -0.3 is 53.9 Å². The number of nitrogens with zero attached hydrogens (tertiary/aromatic N) is 8. The van der Waals surface area contributed by atoms with E-state index in [-0.39, 0.29) is 32.8 Å². The number of rotatable bonds is 11. The maximum atomic E-state index is 12.2. The van der Waals surface area contributed by atoms with E-state index in [4.69, 9.17) is 83.3 Å². The third-order valence-corrected chi connectivity index (χ3v) is 14.5. The molecule has 0 aromatic carbocycles. The number of nitrogens with one attached hydrogen (secondary N) is 2. The van der Waals surface area contributed by atoms with Crippen LogP contribution in [0.4, 0.5) is 32.6 Å². The number of likely N-dealkylation sites (tertiary alicyclic amines) is 2. The van der Waals surface area contributed by atoms with Crippen molar-refractivity contribution in [3.63, 3.8) is 0 Å². The summed E-state index contributed by atoms with van der Waals surface area (Å²) in [7, 11) is 31.8. The molecule has 8 heterocycles. The van der Waals surface area contributed by atoms with Gasteiger partial charge in [-0.1, -0.05) is 12.1 Å². The van der Waals surface area contributed by atoms with E-state index in [9.17, 15) is 9.59 Å². The van der Waals surface area contributed by atoms with Crippen LogP contribution in [0.2, 0.25) is 0 Å². The van der Waals surface area contributed by atoms with Crippen LogP contribution in [-0.2, 0) is 23.7 Å². The highest BCUT2D eigenvalue weighted by Crippen LogP contribution is 2.27. The van der Waals surface area contributed by atoms with Crippen LogP contribution in [0.3, 0.4) is 0 Å². The summed E-state index contributed by atoms with van der Waals surface area (Å²) < 4.78 is 29.5. The molecule has 0 bridgehead atoms. The van der Waals surface area contributed by atoms with Crippen molar-refractivity contribution in [3.8, 4) is 0 Å². The van der Waals surface area contributed by atoms with E-state index in [0.717, 1.165) is 154 Å². The van der Waals surface area contributed by atoms with Gasteiger partial charge in [-0.05, 0) is 157 Å². The number of piperidine rings is 6. The number of carbonyl (C=O) groups excluding carboxylic acids is 2. The summed E-state index contributed by atoms with van der Waals surface area (Å²) in [6.07, 6.45) is 14.5. The Hall–Kier alpha value is -4.07. The Morgan fingerprint density at radius 3 is 1.00 bits per heavy atom. The number of hydrogen-bond acceptors (Lipinski definition) is 13. The van der Waals surface area contributed by atoms with Crippen molar-refractivity contribution in [2.75, 3.05) is 88.3 Å². The molecule has 6 aliphatic rings. The highest BCUT2D eigenvalue weighted by atomic mass is 16.6. The van der Waals surface area contributed by atoms with E-state index in [1.54, 1.807) is 22.2 Å². The molecule has 0 unspecified atom stereocenters. The molecule has 0 aliphatic carbocycles. The molecule has 0 atom stereocenters. The van der Waals surface area contributed by atoms with Gasteiger partial charge in [-0.2, -0.15) is 0 Å². The minimum absolute atomic E-state index is 0. The minimum atomic E-state index is -0.667. The average Bonchev–Trinajstić information content (AvgIpc) is 3.42. The topological polar surface area (TPSA) is 152 Å². The molecule has 2 N–H and O–H groups in total. The summed E-state index contributed by atoms with van der Waals surface area (Å²) >= 11 is 0. The molecule has 2 amide bonds. The van der Waals surface area contributed by atoms with Crippen molar-refractivity contribution in [2.24, 2.45) is 0 Å². The second-order valence-corrected chi connectivity index (χ2v) is 23.3. The molecule has 6 aliphatic heterocycles. The van der Waals surface area contributed by atoms with Gasteiger partial charge in [0, 0.05) is 145 Å². The number of aromatic nitrogens is 2. The molecule has 413 valence electrons. The highest BCUT2D eigenvalue weighted by molar-refractivity contribution is 8.00. The molecule has 0 spiro atoms. The van der Waals surface area contributed by atoms with E-state index >= 15 is 0 Å². The maximum absolute atomic E-state index is 12.2. The molecule has 15 radical (unpaired) electrons. The zero-order valence-corrected chi connectivity index (χ0v) is 48.7. The summed E-state index contributed by atoms with van der Waals surface area (Å²) in [5.41, 5.74) is 0.297. The average molecular weight is 1080 g/mol. The minimum Gasteiger partial charge on any atom is -0.444 e. The number of pyridine rings is 2. The first-order valence-corrected chi connectivity index (χ1v) is 28.6. The Kier molecular flexibility index (Phi) is 29.5. The molecule has 2 aromatic heterocycles. The fourth-order valence-electron chi connectivity index (χ4n) is 10.2. The van der Waals surface area contributed by atoms with Crippen LogP contribution in [0.25, 0.3) is 9.69 Å². The Labute approximate surface area is 491 Å². The first-order valence-electron chi connectivity index (χ1n) is 28.6. The molecular formula is C52H80B11N10O7. The van der Waals surface area contributed by atoms with Crippen molar-refractivity contribution in [1.29, 1.82) is 0 Å². The molecular weight excluding hydrogens is 996 g/mol. The van der Waals surface area contributed by atoms with Gasteiger partial charge >= 0.3 is 12.2 Å². The number of anilines is 2. The van der Waals surface area contributed by atoms with E-state index in [1.165, 1.54) is 0 Å². The van der Waals surface area contributed by atoms with Gasteiger partial charge in [0.15, 0.2) is 0 Å². The lowest BCUT2D eigenvalue weighted by Gasteiger charge is -2.37. The van der Waals surface area contributed by atoms with Crippen LogP contribution in [0, 0.1) is 13.1 Å². The summed E-state index contributed by atoms with van der Waals surface area (Å²) in [6.45, 7) is 36.3. The van der Waals surface area contributed by atoms with Gasteiger partial charge in [0.1, 0.15) is 22.8 Å². The summed E-state index contributed by atoms with van der Waals surface area (Å²) in [5, 5.41) is 6.72. The monoisotopic (exact) mass is 1080 g/mol. The molecule has 0 saturated carbocycles. The quantitative estimate of drug-likeness (QED) is 0.243. The Bertz CT molecular complexity index is 2150. The zero-order valence-electron chi connectivity index (χ0n) is 48.7. The summed E-state index contributed by atoms with van der Waals surface area (Å²) in [5.74, 6) is 1.90. The molecule has 80 heavy (non-hydrogen) atoms. The van der Waals surface area contributed by atoms with Crippen LogP contribution in [0.5, 0.6) is 0 Å². The van der Waals surface area contributed by atoms with Gasteiger partial charge in [-0.15, -0.1) is 0 Å². The zero-order chi connectivity index (χ0) is 57.5. The van der Waals surface area contributed by atoms with Gasteiger partial charge in [0.25, 0.3) is 0 Å². The Morgan fingerprint density at radius 2 is 0.775 bits per heavy atom. The lowest BCUT2D eigenvalue weighted by molar-refractivity contribution is -0.0556. The lowest BCUT2D eigenvalue weighted by atomic mass is 8.58. The standard InChI is InChI=1S/C21H30N4O3.C16H22N4O.C15H28N2O3.B10.B/c1-21(2,3)28-20(26)25-13-9-18(10-14-25)27-17-7-11-24(12-8-17)19-6-5-16(22-4)15-23-19;1-17-13-2-3-16(19-12-13)20-10-6-15(7-11-20)21-14-4-8-18-9-5-14;1-15(2,3)20-14(18)17-10-6-13(7-11-17)19-12-4-8-16-9-5-12;1-7(2)10(8(3)4)9(5)6;/h5-6,15,17-18H,7-14H2,1-3H3;2-3,12,14-15,18H,4-11H2;12-13,16H,4-11H2,1-3H3;;. The van der Waals surface area contributed by atoms with Crippen molar-refractivity contribution < 1.29 is 33.3 Å². The predicted octanol–water partition coefficient (Wildman–Crippen LogP) is 4.35. The second kappa shape index (κ2) is 34.5. The van der Waals surface area contributed by atoms with Crippen molar-refractivity contribution in [3.05, 3.63) is 59.5 Å². The summed E-state index contributed by atoms with van der Waals surface area (Å²) in [6, 6.07) is 7.52. The van der Waals surface area contributed by atoms with Crippen molar-refractivity contribution >= 4 is 116 Å². The number of carbonyl (C=O) groups is 2. The van der Waals surface area contributed by atoms with Crippen LogP contribution >= 0.6 is 0 Å². The predicted molar refractivity (Wildman–Crippen MR) is 331 cm³/mol. The van der Waals surface area contributed by atoms with Crippen LogP contribution in [0.1, 0.15) is 119 Å². The SMILES string of the molecule is CC(C)(C)OC(=O)N1CCC(OC2CCNCC2)CC1.[B].[B]B([B])B(B([B])[B])B([B])[B].[C-]#[N+]c1ccc(N2CCC(OC3CCN(C(=O)OC(C)(C)C)CC3)CC2)nc1.[C-]#[N+]c1ccc(N2CCC(OC3CCNCC3)CC2)nc1. The van der Waals surface area contributed by atoms with E-state index < -0.39 is 36.7 Å². The first kappa shape index (κ1) is 68.4. The maximum Gasteiger partial charge on any atom is 0.410 e. The van der Waals surface area contributed by atoms with Crippen LogP contribution in [0.15, 0.2) is 36.7 Å². The lowest BCUT2D eigenvalue weighted by Crippen LogP contribution is -2.62. The van der Waals surface area contributed by atoms with Gasteiger partial charge in [-0.25, -0.2) is 19.3 Å². The number of amides is 2. The fraction of sp³-hybridized carbons (Fsp3) is 0.731. The van der Waals surface area contributed by atoms with Crippen LogP contribution in [-0.4, -0.2) is 239 Å². The number of ether oxygens (including phenoxy) is 5. The normalized spacial score (nSPS) is 19.1. The van der Waals surface area contributed by atoms with Gasteiger partial charge in [0.2, 0.25) is 11.4 Å². The van der Waals surface area contributed by atoms with E-state index in [2.05, 4.69) is 40.1 Å². The molecule has 6 saturated heterocycles.